The molecule has 134 valence electrons. The van der Waals surface area contributed by atoms with Crippen molar-refractivity contribution in [3.63, 3.8) is 0 Å². The van der Waals surface area contributed by atoms with Crippen molar-refractivity contribution < 1.29 is 15.1 Å². The lowest BCUT2D eigenvalue weighted by molar-refractivity contribution is 0.195. The molecule has 1 heterocycles. The van der Waals surface area contributed by atoms with Crippen LogP contribution in [0.1, 0.15) is 0 Å². The van der Waals surface area contributed by atoms with Crippen LogP contribution in [0.3, 0.4) is 0 Å². The molecule has 0 radical (unpaired) electrons. The second-order valence-corrected chi connectivity index (χ2v) is 6.06. The first-order valence-corrected chi connectivity index (χ1v) is 8.49. The van der Waals surface area contributed by atoms with Gasteiger partial charge in [-0.05, 0) is 18.2 Å². The third kappa shape index (κ3) is 3.00. The zero-order valence-electron chi connectivity index (χ0n) is 14.7. The second-order valence-electron chi connectivity index (χ2n) is 6.06. The van der Waals surface area contributed by atoms with E-state index in [4.69, 9.17) is 9.72 Å². The Kier molecular flexibility index (Phi) is 4.26. The number of aromatic nitrogens is 2. The van der Waals surface area contributed by atoms with E-state index in [1.165, 1.54) is 13.2 Å². The molecule has 4 aromatic rings. The Balaban J connectivity index is 1.96. The van der Waals surface area contributed by atoms with Crippen LogP contribution in [-0.2, 0) is 0 Å². The third-order valence-electron chi connectivity index (χ3n) is 4.39. The van der Waals surface area contributed by atoms with Crippen molar-refractivity contribution in [2.24, 2.45) is 0 Å². The van der Waals surface area contributed by atoms with Crippen LogP contribution in [0.5, 0.6) is 11.5 Å². The maximum absolute atomic E-state index is 11.0. The number of ether oxygens (including phenoxy) is 1. The normalized spacial score (nSPS) is 10.7. The van der Waals surface area contributed by atoms with E-state index >= 15 is 0 Å². The molecule has 1 aromatic heterocycles. The van der Waals surface area contributed by atoms with Crippen molar-refractivity contribution in [2.75, 3.05) is 7.11 Å². The maximum Gasteiger partial charge on any atom is 0.176 e. The van der Waals surface area contributed by atoms with Gasteiger partial charge in [0.15, 0.2) is 17.3 Å². The molecule has 0 aliphatic heterocycles. The van der Waals surface area contributed by atoms with Crippen molar-refractivity contribution in [1.29, 1.82) is 0 Å². The van der Waals surface area contributed by atoms with E-state index in [1.54, 1.807) is 12.1 Å². The summed E-state index contributed by atoms with van der Waals surface area (Å²) in [5.74, 6) is 0.716. The fourth-order valence-electron chi connectivity index (χ4n) is 3.07. The average molecular weight is 358 g/mol. The number of hydrogen-bond donors (Lipinski definition) is 2. The van der Waals surface area contributed by atoms with Gasteiger partial charge in [-0.25, -0.2) is 4.98 Å². The summed E-state index contributed by atoms with van der Waals surface area (Å²) < 4.78 is 6.27. The number of benzene rings is 3. The molecule has 0 bridgehead atoms. The van der Waals surface area contributed by atoms with Crippen LogP contribution in [0, 0.1) is 0 Å². The number of nitrogens with zero attached hydrogens (tertiary/aromatic N) is 2. The van der Waals surface area contributed by atoms with Crippen LogP contribution in [0.4, 0.5) is 0 Å². The van der Waals surface area contributed by atoms with E-state index in [0.717, 1.165) is 15.9 Å². The van der Waals surface area contributed by atoms with Crippen LogP contribution >= 0.6 is 0 Å². The minimum atomic E-state index is 0.0314. The predicted octanol–water partition coefficient (Wildman–Crippen LogP) is 4.84. The standard InChI is InChI=1S/C22H18N2O3/c1-27-19-14-17(12-13-18(19)25)22-23-20(15-8-4-2-5-9-15)21(24(22)26)16-10-6-3-7-11-16/h2-14,25-26H,1H3. The molecule has 27 heavy (non-hydrogen) atoms. The highest BCUT2D eigenvalue weighted by Crippen LogP contribution is 2.37. The van der Waals surface area contributed by atoms with E-state index in [9.17, 15) is 10.3 Å². The number of phenolic OH excluding ortho intramolecular Hbond substituents is 1. The molecule has 3 aromatic carbocycles. The first-order valence-electron chi connectivity index (χ1n) is 8.49. The number of aromatic hydroxyl groups is 1. The summed E-state index contributed by atoms with van der Waals surface area (Å²) in [5.41, 5.74) is 3.65. The zero-order valence-corrected chi connectivity index (χ0v) is 14.7. The Hall–Kier alpha value is -3.73. The Morgan fingerprint density at radius 3 is 2.07 bits per heavy atom. The SMILES string of the molecule is COc1cc(-c2nc(-c3ccccc3)c(-c3ccccc3)n2O)ccc1O. The largest absolute Gasteiger partial charge is 0.504 e. The van der Waals surface area contributed by atoms with Crippen LogP contribution in [-0.4, -0.2) is 27.1 Å². The number of hydrogen-bond acceptors (Lipinski definition) is 4. The highest BCUT2D eigenvalue weighted by molar-refractivity contribution is 5.82. The first-order chi connectivity index (χ1) is 13.2. The summed E-state index contributed by atoms with van der Waals surface area (Å²) in [7, 11) is 1.48. The quantitative estimate of drug-likeness (QED) is 0.513. The molecule has 2 N–H and O–H groups in total. The molecule has 4 rings (SSSR count). The molecule has 5 nitrogen and oxygen atoms in total. The molecule has 0 atom stereocenters. The molecule has 5 heteroatoms. The van der Waals surface area contributed by atoms with E-state index in [-0.39, 0.29) is 5.75 Å². The van der Waals surface area contributed by atoms with Crippen molar-refractivity contribution in [3.8, 4) is 45.4 Å². The molecule has 0 aliphatic carbocycles. The maximum atomic E-state index is 11.0. The number of phenols is 1. The van der Waals surface area contributed by atoms with Gasteiger partial charge >= 0.3 is 0 Å². The minimum absolute atomic E-state index is 0.0314. The molecule has 0 fully saturated rings. The van der Waals surface area contributed by atoms with Gasteiger partial charge < -0.3 is 15.1 Å². The van der Waals surface area contributed by atoms with Crippen LogP contribution in [0.25, 0.3) is 33.9 Å². The van der Waals surface area contributed by atoms with Crippen molar-refractivity contribution in [2.45, 2.75) is 0 Å². The molecular weight excluding hydrogens is 340 g/mol. The van der Waals surface area contributed by atoms with Gasteiger partial charge in [-0.3, -0.25) is 0 Å². The van der Waals surface area contributed by atoms with Crippen LogP contribution < -0.4 is 4.74 Å². The van der Waals surface area contributed by atoms with E-state index in [1.807, 2.05) is 60.7 Å². The zero-order chi connectivity index (χ0) is 18.8. The van der Waals surface area contributed by atoms with Gasteiger partial charge in [0.05, 0.1) is 7.11 Å². The van der Waals surface area contributed by atoms with E-state index in [0.29, 0.717) is 28.5 Å². The summed E-state index contributed by atoms with van der Waals surface area (Å²) in [6.07, 6.45) is 0. The Bertz CT molecular complexity index is 1070. The predicted molar refractivity (Wildman–Crippen MR) is 104 cm³/mol. The number of rotatable bonds is 4. The van der Waals surface area contributed by atoms with E-state index in [2.05, 4.69) is 0 Å². The summed E-state index contributed by atoms with van der Waals surface area (Å²) >= 11 is 0. The van der Waals surface area contributed by atoms with Crippen LogP contribution in [0.15, 0.2) is 78.9 Å². The summed E-state index contributed by atoms with van der Waals surface area (Å²) in [6.45, 7) is 0. The topological polar surface area (TPSA) is 67.5 Å². The average Bonchev–Trinajstić information content (AvgIpc) is 3.07. The molecule has 0 spiro atoms. The molecule has 0 amide bonds. The van der Waals surface area contributed by atoms with Gasteiger partial charge in [0.2, 0.25) is 0 Å². The summed E-state index contributed by atoms with van der Waals surface area (Å²) in [4.78, 5) is 4.71. The number of imidazole rings is 1. The lowest BCUT2D eigenvalue weighted by Crippen LogP contribution is -1.97. The van der Waals surface area contributed by atoms with Gasteiger partial charge in [0, 0.05) is 16.7 Å². The fourth-order valence-corrected chi connectivity index (χ4v) is 3.07. The van der Waals surface area contributed by atoms with Crippen LogP contribution in [0.2, 0.25) is 0 Å². The van der Waals surface area contributed by atoms with Gasteiger partial charge in [0.1, 0.15) is 11.4 Å². The second kappa shape index (κ2) is 6.88. The smallest absolute Gasteiger partial charge is 0.176 e. The highest BCUT2D eigenvalue weighted by atomic mass is 16.5. The van der Waals surface area contributed by atoms with Crippen molar-refractivity contribution in [3.05, 3.63) is 78.9 Å². The molecule has 0 saturated heterocycles. The first kappa shape index (κ1) is 16.7. The van der Waals surface area contributed by atoms with Gasteiger partial charge in [-0.1, -0.05) is 60.7 Å². The number of methoxy groups -OCH3 is 1. The Morgan fingerprint density at radius 2 is 1.44 bits per heavy atom. The van der Waals surface area contributed by atoms with Gasteiger partial charge in [-0.15, -0.1) is 0 Å². The highest BCUT2D eigenvalue weighted by Gasteiger charge is 2.21. The monoisotopic (exact) mass is 358 g/mol. The fraction of sp³-hybridized carbons (Fsp3) is 0.0455. The Morgan fingerprint density at radius 1 is 0.815 bits per heavy atom. The lowest BCUT2D eigenvalue weighted by Gasteiger charge is -2.08. The Labute approximate surface area is 156 Å². The molecule has 0 saturated carbocycles. The van der Waals surface area contributed by atoms with Gasteiger partial charge in [-0.2, -0.15) is 4.73 Å². The van der Waals surface area contributed by atoms with Gasteiger partial charge in [0.25, 0.3) is 0 Å². The van der Waals surface area contributed by atoms with Crippen molar-refractivity contribution in [1.82, 2.24) is 9.71 Å². The molecular formula is C22H18N2O3. The third-order valence-corrected chi connectivity index (χ3v) is 4.39. The van der Waals surface area contributed by atoms with E-state index < -0.39 is 0 Å². The summed E-state index contributed by atoms with van der Waals surface area (Å²) in [5, 5.41) is 20.8. The van der Waals surface area contributed by atoms with Crippen molar-refractivity contribution >= 4 is 0 Å². The minimum Gasteiger partial charge on any atom is -0.504 e. The molecule has 0 aliphatic rings. The summed E-state index contributed by atoms with van der Waals surface area (Å²) in [6, 6.07) is 24.2. The molecule has 0 unspecified atom stereocenters. The lowest BCUT2D eigenvalue weighted by atomic mass is 10.1.